The quantitative estimate of drug-likeness (QED) is 0.280. The molecule has 1 aliphatic carbocycles. The van der Waals surface area contributed by atoms with E-state index in [-0.39, 0.29) is 12.3 Å². The van der Waals surface area contributed by atoms with E-state index in [4.69, 9.17) is 4.74 Å². The van der Waals surface area contributed by atoms with Gasteiger partial charge in [0, 0.05) is 22.6 Å². The average Bonchev–Trinajstić information content (AvgIpc) is 3.30. The van der Waals surface area contributed by atoms with Crippen molar-refractivity contribution < 1.29 is 9.53 Å². The highest BCUT2D eigenvalue weighted by atomic mass is 32.2. The molecule has 1 aliphatic rings. The van der Waals surface area contributed by atoms with Crippen LogP contribution in [0.25, 0.3) is 21.7 Å². The smallest absolute Gasteiger partial charge is 0.225 e. The molecule has 2 aromatic heterocycles. The number of aromatic nitrogens is 1. The molecule has 0 aliphatic heterocycles. The summed E-state index contributed by atoms with van der Waals surface area (Å²) in [5.41, 5.74) is 6.14. The third-order valence-corrected chi connectivity index (χ3v) is 8.39. The van der Waals surface area contributed by atoms with Gasteiger partial charge in [0.2, 0.25) is 5.91 Å². The number of ether oxygens (including phenoxy) is 1. The van der Waals surface area contributed by atoms with Gasteiger partial charge in [0.1, 0.15) is 27.9 Å². The fourth-order valence-corrected chi connectivity index (χ4v) is 6.52. The van der Waals surface area contributed by atoms with Crippen molar-refractivity contribution in [3.8, 4) is 39.6 Å². The first-order valence-electron chi connectivity index (χ1n) is 11.7. The lowest BCUT2D eigenvalue weighted by molar-refractivity contribution is -0.115. The van der Waals surface area contributed by atoms with Crippen molar-refractivity contribution in [2.45, 2.75) is 24.3 Å². The van der Waals surface area contributed by atoms with E-state index in [1.165, 1.54) is 28.7 Å². The van der Waals surface area contributed by atoms with Crippen LogP contribution in [0.4, 0.5) is 5.00 Å². The summed E-state index contributed by atoms with van der Waals surface area (Å²) in [7, 11) is 1.62. The largest absolute Gasteiger partial charge is 0.497 e. The number of nitrogens with zero attached hydrogens (tertiary/aromatic N) is 3. The number of benzene rings is 2. The number of nitrogens with one attached hydrogen (secondary N) is 1. The highest BCUT2D eigenvalue weighted by Crippen LogP contribution is 2.44. The van der Waals surface area contributed by atoms with Gasteiger partial charge in [0.15, 0.2) is 0 Å². The molecule has 0 fully saturated rings. The van der Waals surface area contributed by atoms with Crippen LogP contribution in [0.1, 0.15) is 28.7 Å². The molecule has 2 aromatic carbocycles. The maximum Gasteiger partial charge on any atom is 0.225 e. The minimum Gasteiger partial charge on any atom is -0.497 e. The maximum atomic E-state index is 12.8. The second-order valence-corrected chi connectivity index (χ2v) is 10.5. The first-order chi connectivity index (χ1) is 18.1. The number of fused-ring (bicyclic) bond motifs is 3. The van der Waals surface area contributed by atoms with Crippen molar-refractivity contribution in [3.63, 3.8) is 0 Å². The molecule has 0 saturated carbocycles. The number of anilines is 1. The number of rotatable bonds is 7. The van der Waals surface area contributed by atoms with Gasteiger partial charge in [-0.25, -0.2) is 4.98 Å². The predicted molar refractivity (Wildman–Crippen MR) is 147 cm³/mol. The topological polar surface area (TPSA) is 98.8 Å². The van der Waals surface area contributed by atoms with Crippen LogP contribution in [0.3, 0.4) is 0 Å². The molecule has 0 unspecified atom stereocenters. The van der Waals surface area contributed by atoms with Crippen molar-refractivity contribution in [1.82, 2.24) is 4.98 Å². The van der Waals surface area contributed by atoms with Gasteiger partial charge in [-0.1, -0.05) is 24.3 Å². The maximum absolute atomic E-state index is 12.8. The van der Waals surface area contributed by atoms with E-state index in [1.54, 1.807) is 13.2 Å². The normalized spacial score (nSPS) is 11.5. The lowest BCUT2D eigenvalue weighted by atomic mass is 9.90. The molecule has 4 aromatic rings. The molecule has 8 heteroatoms. The van der Waals surface area contributed by atoms with E-state index >= 15 is 0 Å². The molecule has 0 saturated heterocycles. The van der Waals surface area contributed by atoms with Gasteiger partial charge in [-0.2, -0.15) is 10.5 Å². The lowest BCUT2D eigenvalue weighted by Crippen LogP contribution is -2.12. The first kappa shape index (κ1) is 24.6. The van der Waals surface area contributed by atoms with Gasteiger partial charge >= 0.3 is 0 Å². The molecule has 0 bridgehead atoms. The molecule has 5 rings (SSSR count). The number of thioether (sulfide) groups is 1. The monoisotopic (exact) mass is 522 g/mol. The SMILES string of the molecule is COc1ccc(-c2ccc(C#N)c(SCCC(=O)Nc3sc4c(c3C#N)CCc3ccccc3-4)n2)cc1. The molecule has 0 radical (unpaired) electrons. The number of thiophene rings is 1. The molecule has 37 heavy (non-hydrogen) atoms. The predicted octanol–water partition coefficient (Wildman–Crippen LogP) is 6.45. The number of carbonyl (C=O) groups is 1. The summed E-state index contributed by atoms with van der Waals surface area (Å²) in [6.45, 7) is 0. The van der Waals surface area contributed by atoms with E-state index in [0.717, 1.165) is 45.9 Å². The van der Waals surface area contributed by atoms with Gasteiger partial charge in [0.25, 0.3) is 0 Å². The Kier molecular flexibility index (Phi) is 7.23. The average molecular weight is 523 g/mol. The Morgan fingerprint density at radius 2 is 1.89 bits per heavy atom. The minimum atomic E-state index is -0.166. The molecule has 1 amide bonds. The molecule has 0 spiro atoms. The summed E-state index contributed by atoms with van der Waals surface area (Å²) in [4.78, 5) is 18.5. The van der Waals surface area contributed by atoms with E-state index in [9.17, 15) is 15.3 Å². The van der Waals surface area contributed by atoms with E-state index < -0.39 is 0 Å². The van der Waals surface area contributed by atoms with Crippen molar-refractivity contribution in [3.05, 3.63) is 82.9 Å². The zero-order valence-electron chi connectivity index (χ0n) is 20.1. The van der Waals surface area contributed by atoms with Crippen LogP contribution in [0.5, 0.6) is 5.75 Å². The van der Waals surface area contributed by atoms with Gasteiger partial charge in [-0.05, 0) is 65.9 Å². The van der Waals surface area contributed by atoms with Crippen LogP contribution in [-0.2, 0) is 17.6 Å². The number of methoxy groups -OCH3 is 1. The van der Waals surface area contributed by atoms with Crippen molar-refractivity contribution in [2.24, 2.45) is 0 Å². The number of aryl methyl sites for hydroxylation is 1. The number of hydrogen-bond donors (Lipinski definition) is 1. The third-order valence-electron chi connectivity index (χ3n) is 6.21. The number of amides is 1. The highest BCUT2D eigenvalue weighted by molar-refractivity contribution is 7.99. The first-order valence-corrected chi connectivity index (χ1v) is 13.5. The second kappa shape index (κ2) is 10.9. The lowest BCUT2D eigenvalue weighted by Gasteiger charge is -2.15. The van der Waals surface area contributed by atoms with Crippen molar-refractivity contribution >= 4 is 34.0 Å². The molecule has 0 atom stereocenters. The molecule has 6 nitrogen and oxygen atoms in total. The van der Waals surface area contributed by atoms with Crippen LogP contribution < -0.4 is 10.1 Å². The second-order valence-electron chi connectivity index (χ2n) is 8.42. The Morgan fingerprint density at radius 3 is 2.65 bits per heavy atom. The Morgan fingerprint density at radius 1 is 1.08 bits per heavy atom. The van der Waals surface area contributed by atoms with Crippen LogP contribution in [0, 0.1) is 22.7 Å². The van der Waals surface area contributed by atoms with E-state index in [2.05, 4.69) is 34.6 Å². The number of nitriles is 2. The summed E-state index contributed by atoms with van der Waals surface area (Å²) in [5, 5.41) is 23.5. The van der Waals surface area contributed by atoms with Crippen LogP contribution in [0.15, 0.2) is 65.7 Å². The van der Waals surface area contributed by atoms with E-state index in [1.807, 2.05) is 42.5 Å². The Labute approximate surface area is 223 Å². The summed E-state index contributed by atoms with van der Waals surface area (Å²) >= 11 is 2.84. The highest BCUT2D eigenvalue weighted by Gasteiger charge is 2.25. The fraction of sp³-hybridized carbons (Fsp3) is 0.172. The van der Waals surface area contributed by atoms with Gasteiger partial charge in [-0.3, -0.25) is 4.79 Å². The van der Waals surface area contributed by atoms with Gasteiger partial charge < -0.3 is 10.1 Å². The van der Waals surface area contributed by atoms with Gasteiger partial charge in [0.05, 0.1) is 23.9 Å². The zero-order valence-corrected chi connectivity index (χ0v) is 21.7. The number of hydrogen-bond acceptors (Lipinski definition) is 7. The molecule has 1 N–H and O–H groups in total. The van der Waals surface area contributed by atoms with Crippen molar-refractivity contribution in [2.75, 3.05) is 18.2 Å². The molecular formula is C29H22N4O2S2. The number of pyridine rings is 1. The summed E-state index contributed by atoms with van der Waals surface area (Å²) in [6, 6.07) is 23.8. The Bertz CT molecular complexity index is 1560. The molecular weight excluding hydrogens is 500 g/mol. The van der Waals surface area contributed by atoms with Crippen LogP contribution >= 0.6 is 23.1 Å². The fourth-order valence-electron chi connectivity index (χ4n) is 4.33. The third kappa shape index (κ3) is 5.08. The summed E-state index contributed by atoms with van der Waals surface area (Å²) in [6.07, 6.45) is 1.92. The Hall–Kier alpha value is -4.11. The minimum absolute atomic E-state index is 0.166. The Balaban J connectivity index is 1.27. The van der Waals surface area contributed by atoms with E-state index in [0.29, 0.717) is 26.9 Å². The van der Waals surface area contributed by atoms with Crippen LogP contribution in [0.2, 0.25) is 0 Å². The molecule has 182 valence electrons. The van der Waals surface area contributed by atoms with Gasteiger partial charge in [-0.15, -0.1) is 23.1 Å². The van der Waals surface area contributed by atoms with Crippen LogP contribution in [-0.4, -0.2) is 23.8 Å². The zero-order chi connectivity index (χ0) is 25.8. The van der Waals surface area contributed by atoms with Crippen molar-refractivity contribution in [1.29, 1.82) is 10.5 Å². The summed E-state index contributed by atoms with van der Waals surface area (Å²) in [5.74, 6) is 1.05. The molecule has 2 heterocycles. The summed E-state index contributed by atoms with van der Waals surface area (Å²) < 4.78 is 5.21. The standard InChI is InChI=1S/C29H22N4O2S2/c1-35-21-10-6-19(7-11-21)25-13-9-20(16-30)28(32-25)36-15-14-26(34)33-29-24(17-31)23-12-8-18-4-2-3-5-22(18)27(23)37-29/h2-7,9-11,13H,8,12,14-15H2,1H3,(H,33,34). The number of carbonyl (C=O) groups excluding carboxylic acids is 1.